The standard InChI is InChI=1S/C28H38ClN3O2/c1-21-5-10-25(27(19-21)34-18-17-31-13-3-4-14-31)23-11-15-32(16-12-23)28(33)26(30-2)20-22-6-8-24(29)9-7-22/h5-10,19,23,26,30H,3-4,11-18,20H2,1-2H3/t26-/m1/s1. The quantitative estimate of drug-likeness (QED) is 0.563. The Hall–Kier alpha value is -2.08. The third-order valence-corrected chi connectivity index (χ3v) is 7.53. The van der Waals surface area contributed by atoms with E-state index in [2.05, 4.69) is 35.3 Å². The molecule has 0 aromatic heterocycles. The minimum Gasteiger partial charge on any atom is -0.492 e. The van der Waals surface area contributed by atoms with E-state index < -0.39 is 0 Å². The summed E-state index contributed by atoms with van der Waals surface area (Å²) in [7, 11) is 1.86. The van der Waals surface area contributed by atoms with Crippen LogP contribution in [0.25, 0.3) is 0 Å². The van der Waals surface area contributed by atoms with Gasteiger partial charge >= 0.3 is 0 Å². The highest BCUT2D eigenvalue weighted by Gasteiger charge is 2.29. The third kappa shape index (κ3) is 6.53. The van der Waals surface area contributed by atoms with Crippen molar-refractivity contribution in [2.24, 2.45) is 0 Å². The molecular formula is C28H38ClN3O2. The molecule has 2 aliphatic rings. The van der Waals surface area contributed by atoms with Crippen LogP contribution in [0.15, 0.2) is 42.5 Å². The number of piperidine rings is 1. The van der Waals surface area contributed by atoms with Crippen LogP contribution in [0.3, 0.4) is 0 Å². The first-order valence-electron chi connectivity index (χ1n) is 12.7. The number of amides is 1. The summed E-state index contributed by atoms with van der Waals surface area (Å²) >= 11 is 6.01. The largest absolute Gasteiger partial charge is 0.492 e. The van der Waals surface area contributed by atoms with E-state index >= 15 is 0 Å². The van der Waals surface area contributed by atoms with Crippen LogP contribution < -0.4 is 10.1 Å². The molecule has 2 aromatic rings. The second-order valence-electron chi connectivity index (χ2n) is 9.71. The molecule has 1 N–H and O–H groups in total. The summed E-state index contributed by atoms with van der Waals surface area (Å²) in [5, 5.41) is 3.93. The van der Waals surface area contributed by atoms with Crippen LogP contribution in [0.2, 0.25) is 5.02 Å². The summed E-state index contributed by atoms with van der Waals surface area (Å²) in [5.41, 5.74) is 3.64. The van der Waals surface area contributed by atoms with Crippen molar-refractivity contribution in [1.29, 1.82) is 0 Å². The smallest absolute Gasteiger partial charge is 0.240 e. The van der Waals surface area contributed by atoms with Crippen LogP contribution in [0.1, 0.15) is 48.3 Å². The molecule has 0 unspecified atom stereocenters. The molecule has 4 rings (SSSR count). The molecule has 2 aliphatic heterocycles. The van der Waals surface area contributed by atoms with E-state index in [0.717, 1.165) is 50.4 Å². The number of likely N-dealkylation sites (tertiary alicyclic amines) is 2. The topological polar surface area (TPSA) is 44.8 Å². The Morgan fingerprint density at radius 1 is 1.09 bits per heavy atom. The van der Waals surface area contributed by atoms with E-state index in [4.69, 9.17) is 16.3 Å². The Bertz CT molecular complexity index is 935. The first kappa shape index (κ1) is 25.0. The molecule has 2 aromatic carbocycles. The SMILES string of the molecule is CN[C@H](Cc1ccc(Cl)cc1)C(=O)N1CCC(c2ccc(C)cc2OCCN2CCCC2)CC1. The number of halogens is 1. The van der Waals surface area contributed by atoms with Gasteiger partial charge in [0.1, 0.15) is 12.4 Å². The van der Waals surface area contributed by atoms with Crippen LogP contribution in [-0.4, -0.2) is 68.1 Å². The highest BCUT2D eigenvalue weighted by Crippen LogP contribution is 2.35. The Labute approximate surface area is 209 Å². The van der Waals surface area contributed by atoms with E-state index in [1.165, 1.54) is 37.1 Å². The fraction of sp³-hybridized carbons (Fsp3) is 0.536. The fourth-order valence-corrected chi connectivity index (χ4v) is 5.32. The van der Waals surface area contributed by atoms with Crippen LogP contribution in [0.4, 0.5) is 0 Å². The zero-order chi connectivity index (χ0) is 23.9. The zero-order valence-corrected chi connectivity index (χ0v) is 21.3. The second kappa shape index (κ2) is 12.1. The average molecular weight is 484 g/mol. The normalized spacial score (nSPS) is 18.3. The monoisotopic (exact) mass is 483 g/mol. The van der Waals surface area contributed by atoms with Gasteiger partial charge < -0.3 is 15.0 Å². The molecule has 1 atom stereocenters. The first-order valence-corrected chi connectivity index (χ1v) is 13.1. The van der Waals surface area contributed by atoms with Crippen molar-refractivity contribution in [2.45, 2.75) is 51.0 Å². The molecule has 0 spiro atoms. The predicted octanol–water partition coefficient (Wildman–Crippen LogP) is 4.66. The van der Waals surface area contributed by atoms with Crippen molar-refractivity contribution >= 4 is 17.5 Å². The van der Waals surface area contributed by atoms with E-state index in [1.807, 2.05) is 36.2 Å². The zero-order valence-electron chi connectivity index (χ0n) is 20.6. The van der Waals surface area contributed by atoms with Gasteiger partial charge in [0.15, 0.2) is 0 Å². The number of aryl methyl sites for hydroxylation is 1. The highest BCUT2D eigenvalue weighted by atomic mass is 35.5. The van der Waals surface area contributed by atoms with Gasteiger partial charge in [0, 0.05) is 24.7 Å². The van der Waals surface area contributed by atoms with Crippen molar-refractivity contribution in [3.05, 3.63) is 64.2 Å². The lowest BCUT2D eigenvalue weighted by Gasteiger charge is -2.35. The lowest BCUT2D eigenvalue weighted by atomic mass is 9.88. The summed E-state index contributed by atoms with van der Waals surface area (Å²) in [6, 6.07) is 14.1. The fourth-order valence-electron chi connectivity index (χ4n) is 5.20. The Balaban J connectivity index is 1.33. The van der Waals surface area contributed by atoms with E-state index in [9.17, 15) is 4.79 Å². The van der Waals surface area contributed by atoms with Gasteiger partial charge in [0.2, 0.25) is 5.91 Å². The minimum absolute atomic E-state index is 0.182. The maximum atomic E-state index is 13.2. The van der Waals surface area contributed by atoms with Crippen molar-refractivity contribution in [2.75, 3.05) is 46.4 Å². The number of rotatable bonds is 9. The number of benzene rings is 2. The maximum Gasteiger partial charge on any atom is 0.240 e. The van der Waals surface area contributed by atoms with Crippen LogP contribution in [0.5, 0.6) is 5.75 Å². The molecule has 0 bridgehead atoms. The van der Waals surface area contributed by atoms with Gasteiger partial charge in [-0.3, -0.25) is 9.69 Å². The van der Waals surface area contributed by atoms with Crippen molar-refractivity contribution < 1.29 is 9.53 Å². The number of nitrogens with one attached hydrogen (secondary N) is 1. The molecule has 34 heavy (non-hydrogen) atoms. The van der Waals surface area contributed by atoms with Gasteiger partial charge in [0.05, 0.1) is 6.04 Å². The molecule has 6 heteroatoms. The summed E-state index contributed by atoms with van der Waals surface area (Å²) in [4.78, 5) is 17.7. The van der Waals surface area contributed by atoms with Crippen molar-refractivity contribution in [3.63, 3.8) is 0 Å². The van der Waals surface area contributed by atoms with E-state index in [-0.39, 0.29) is 11.9 Å². The number of hydrogen-bond donors (Lipinski definition) is 1. The van der Waals surface area contributed by atoms with Gasteiger partial charge in [-0.25, -0.2) is 0 Å². The van der Waals surface area contributed by atoms with E-state index in [1.54, 1.807) is 0 Å². The lowest BCUT2D eigenvalue weighted by molar-refractivity contribution is -0.134. The number of ether oxygens (including phenoxy) is 1. The molecule has 0 radical (unpaired) electrons. The Morgan fingerprint density at radius 3 is 2.47 bits per heavy atom. The van der Waals surface area contributed by atoms with Crippen LogP contribution in [0, 0.1) is 6.92 Å². The number of likely N-dealkylation sites (N-methyl/N-ethyl adjacent to an activating group) is 1. The number of nitrogens with zero attached hydrogens (tertiary/aromatic N) is 2. The predicted molar refractivity (Wildman–Crippen MR) is 139 cm³/mol. The first-order chi connectivity index (χ1) is 16.5. The molecular weight excluding hydrogens is 446 g/mol. The molecule has 1 amide bonds. The van der Waals surface area contributed by atoms with Gasteiger partial charge in [-0.1, -0.05) is 35.9 Å². The number of hydrogen-bond acceptors (Lipinski definition) is 4. The number of carbonyl (C=O) groups excluding carboxylic acids is 1. The average Bonchev–Trinajstić information content (AvgIpc) is 3.37. The van der Waals surface area contributed by atoms with Crippen LogP contribution >= 0.6 is 11.6 Å². The summed E-state index contributed by atoms with van der Waals surface area (Å²) in [6.07, 6.45) is 5.21. The number of carbonyl (C=O) groups is 1. The molecule has 0 saturated carbocycles. The van der Waals surface area contributed by atoms with E-state index in [0.29, 0.717) is 17.4 Å². The minimum atomic E-state index is -0.221. The molecule has 5 nitrogen and oxygen atoms in total. The Kier molecular flexibility index (Phi) is 8.87. The summed E-state index contributed by atoms with van der Waals surface area (Å²) < 4.78 is 6.30. The third-order valence-electron chi connectivity index (χ3n) is 7.28. The summed E-state index contributed by atoms with van der Waals surface area (Å²) in [6.45, 7) is 7.82. The summed E-state index contributed by atoms with van der Waals surface area (Å²) in [5.74, 6) is 1.64. The van der Waals surface area contributed by atoms with Crippen LogP contribution in [-0.2, 0) is 11.2 Å². The highest BCUT2D eigenvalue weighted by molar-refractivity contribution is 6.30. The lowest BCUT2D eigenvalue weighted by Crippen LogP contribution is -2.49. The van der Waals surface area contributed by atoms with Gasteiger partial charge in [-0.2, -0.15) is 0 Å². The van der Waals surface area contributed by atoms with Crippen molar-refractivity contribution in [1.82, 2.24) is 15.1 Å². The second-order valence-corrected chi connectivity index (χ2v) is 10.1. The molecule has 2 saturated heterocycles. The maximum absolute atomic E-state index is 13.2. The molecule has 0 aliphatic carbocycles. The molecule has 2 heterocycles. The van der Waals surface area contributed by atoms with Gasteiger partial charge in [0.25, 0.3) is 0 Å². The van der Waals surface area contributed by atoms with Gasteiger partial charge in [-0.05, 0) is 100.0 Å². The Morgan fingerprint density at radius 2 is 1.79 bits per heavy atom. The van der Waals surface area contributed by atoms with Crippen molar-refractivity contribution in [3.8, 4) is 5.75 Å². The van der Waals surface area contributed by atoms with Gasteiger partial charge in [-0.15, -0.1) is 0 Å². The molecule has 184 valence electrons. The molecule has 2 fully saturated rings.